The molecule has 0 aliphatic carbocycles. The van der Waals surface area contributed by atoms with E-state index in [2.05, 4.69) is 9.97 Å². The predicted molar refractivity (Wildman–Crippen MR) is 101 cm³/mol. The van der Waals surface area contributed by atoms with E-state index in [1.807, 2.05) is 0 Å². The molecule has 2 heterocycles. The molecule has 0 saturated heterocycles. The van der Waals surface area contributed by atoms with Crippen molar-refractivity contribution in [2.75, 3.05) is 6.61 Å². The number of carbonyl (C=O) groups is 1. The molecule has 0 amide bonds. The summed E-state index contributed by atoms with van der Waals surface area (Å²) in [5.41, 5.74) is -0.805. The van der Waals surface area contributed by atoms with E-state index < -0.39 is 23.5 Å². The number of nitrogens with zero attached hydrogens (tertiary/aromatic N) is 2. The number of nitrogens with one attached hydrogen (secondary N) is 1. The van der Waals surface area contributed by atoms with Crippen LogP contribution in [-0.4, -0.2) is 27.1 Å². The van der Waals surface area contributed by atoms with Crippen LogP contribution in [0.5, 0.6) is 5.88 Å². The molecule has 0 aliphatic heterocycles. The van der Waals surface area contributed by atoms with Gasteiger partial charge in [-0.25, -0.2) is 4.79 Å². The van der Waals surface area contributed by atoms with E-state index in [0.717, 1.165) is 12.1 Å². The summed E-state index contributed by atoms with van der Waals surface area (Å²) < 4.78 is 50.7. The average Bonchev–Trinajstić information content (AvgIpc) is 3.07. The highest BCUT2D eigenvalue weighted by Crippen LogP contribution is 2.34. The summed E-state index contributed by atoms with van der Waals surface area (Å²) in [5.74, 6) is -0.197. The zero-order valence-corrected chi connectivity index (χ0v) is 15.5. The molecule has 4 aromatic rings. The first-order valence-electron chi connectivity index (χ1n) is 8.85. The molecule has 0 saturated carbocycles. The predicted octanol–water partition coefficient (Wildman–Crippen LogP) is 4.40. The minimum atomic E-state index is -4.57. The molecule has 10 heteroatoms. The number of alkyl halides is 3. The third kappa shape index (κ3) is 3.36. The van der Waals surface area contributed by atoms with Crippen molar-refractivity contribution in [3.63, 3.8) is 0 Å². The highest BCUT2D eigenvalue weighted by atomic mass is 19.4. The summed E-state index contributed by atoms with van der Waals surface area (Å²) in [6.07, 6.45) is -5.59. The Morgan fingerprint density at radius 3 is 2.57 bits per heavy atom. The molecule has 4 rings (SSSR count). The van der Waals surface area contributed by atoms with Gasteiger partial charge in [-0.3, -0.25) is 9.20 Å². The Morgan fingerprint density at radius 2 is 1.90 bits per heavy atom. The topological polar surface area (TPSA) is 85.7 Å². The zero-order valence-electron chi connectivity index (χ0n) is 15.5. The van der Waals surface area contributed by atoms with E-state index in [4.69, 9.17) is 9.47 Å². The van der Waals surface area contributed by atoms with Crippen LogP contribution in [0.15, 0.2) is 53.3 Å². The van der Waals surface area contributed by atoms with Crippen LogP contribution in [0, 0.1) is 0 Å². The Kier molecular flexibility index (Phi) is 4.69. The third-order valence-corrected chi connectivity index (χ3v) is 4.35. The molecule has 0 aliphatic rings. The summed E-state index contributed by atoms with van der Waals surface area (Å²) in [6.45, 7) is 1.66. The maximum Gasteiger partial charge on any atom is 0.515 e. The van der Waals surface area contributed by atoms with Crippen molar-refractivity contribution in [3.8, 4) is 17.1 Å². The molecule has 7 nitrogen and oxygen atoms in total. The van der Waals surface area contributed by atoms with E-state index in [0.29, 0.717) is 5.56 Å². The van der Waals surface area contributed by atoms with Crippen LogP contribution in [-0.2, 0) is 10.9 Å². The fourth-order valence-electron chi connectivity index (χ4n) is 3.12. The zero-order chi connectivity index (χ0) is 21.5. The second-order valence-corrected chi connectivity index (χ2v) is 6.26. The summed E-state index contributed by atoms with van der Waals surface area (Å²) in [4.78, 5) is 31.0. The molecule has 0 bridgehead atoms. The lowest BCUT2D eigenvalue weighted by Gasteiger charge is -2.10. The van der Waals surface area contributed by atoms with Gasteiger partial charge in [0.05, 0.1) is 23.2 Å². The van der Waals surface area contributed by atoms with Crippen LogP contribution in [0.1, 0.15) is 12.5 Å². The van der Waals surface area contributed by atoms with Gasteiger partial charge in [-0.15, -0.1) is 0 Å². The average molecular weight is 417 g/mol. The first kappa shape index (κ1) is 19.5. The smallest absolute Gasteiger partial charge is 0.434 e. The molecule has 2 aromatic heterocycles. The number of rotatable bonds is 3. The third-order valence-electron chi connectivity index (χ3n) is 4.35. The second kappa shape index (κ2) is 7.21. The van der Waals surface area contributed by atoms with Crippen molar-refractivity contribution in [3.05, 3.63) is 64.4 Å². The van der Waals surface area contributed by atoms with Gasteiger partial charge in [-0.05, 0) is 25.1 Å². The van der Waals surface area contributed by atoms with E-state index in [-0.39, 0.29) is 34.9 Å². The second-order valence-electron chi connectivity index (χ2n) is 6.26. The van der Waals surface area contributed by atoms with Crippen molar-refractivity contribution in [2.24, 2.45) is 0 Å². The molecular formula is C20H14F3N3O4. The molecule has 0 radical (unpaired) electrons. The van der Waals surface area contributed by atoms with Gasteiger partial charge in [-0.1, -0.05) is 30.3 Å². The van der Waals surface area contributed by atoms with E-state index >= 15 is 0 Å². The molecule has 0 atom stereocenters. The van der Waals surface area contributed by atoms with Gasteiger partial charge in [-0.2, -0.15) is 18.2 Å². The lowest BCUT2D eigenvalue weighted by atomic mass is 10.1. The highest BCUT2D eigenvalue weighted by molar-refractivity contribution is 5.84. The van der Waals surface area contributed by atoms with Crippen LogP contribution in [0.2, 0.25) is 0 Å². The van der Waals surface area contributed by atoms with Gasteiger partial charge >= 0.3 is 12.3 Å². The summed E-state index contributed by atoms with van der Waals surface area (Å²) in [6, 6.07) is 11.6. The number of imidazole rings is 1. The van der Waals surface area contributed by atoms with E-state index in [9.17, 15) is 22.8 Å². The number of hydrogen-bond donors (Lipinski definition) is 1. The van der Waals surface area contributed by atoms with Gasteiger partial charge in [0.25, 0.3) is 11.4 Å². The standard InChI is InChI=1S/C20H14F3N3O4/c1-2-29-19(28)30-18-15(11-6-4-3-5-7-11)26-14-9-8-12(20(21,22)23)10-13(14)24-17(27)16(26)25-18/h3-10H,2H2,1H3,(H,24,27). The van der Waals surface area contributed by atoms with Crippen LogP contribution in [0.3, 0.4) is 0 Å². The van der Waals surface area contributed by atoms with Crippen LogP contribution < -0.4 is 10.3 Å². The van der Waals surface area contributed by atoms with Crippen LogP contribution in [0.4, 0.5) is 18.0 Å². The van der Waals surface area contributed by atoms with E-state index in [1.165, 1.54) is 10.5 Å². The van der Waals surface area contributed by atoms with Crippen LogP contribution in [0.25, 0.3) is 27.9 Å². The van der Waals surface area contributed by atoms with Crippen LogP contribution >= 0.6 is 0 Å². The monoisotopic (exact) mass is 417 g/mol. The minimum absolute atomic E-state index is 0.0420. The summed E-state index contributed by atoms with van der Waals surface area (Å²) in [7, 11) is 0. The molecule has 0 spiro atoms. The summed E-state index contributed by atoms with van der Waals surface area (Å²) >= 11 is 0. The number of aromatic amines is 1. The van der Waals surface area contributed by atoms with Gasteiger partial charge in [0, 0.05) is 5.56 Å². The highest BCUT2D eigenvalue weighted by Gasteiger charge is 2.31. The Bertz CT molecular complexity index is 1310. The lowest BCUT2D eigenvalue weighted by molar-refractivity contribution is -0.137. The first-order chi connectivity index (χ1) is 14.3. The number of benzene rings is 2. The molecular weight excluding hydrogens is 403 g/mol. The molecule has 0 unspecified atom stereocenters. The van der Waals surface area contributed by atoms with Crippen molar-refractivity contribution in [1.29, 1.82) is 0 Å². The van der Waals surface area contributed by atoms with Gasteiger partial charge in [0.2, 0.25) is 5.65 Å². The Labute approximate surface area is 166 Å². The fourth-order valence-corrected chi connectivity index (χ4v) is 3.12. The van der Waals surface area contributed by atoms with Gasteiger partial charge in [0.15, 0.2) is 0 Å². The normalized spacial score (nSPS) is 11.7. The van der Waals surface area contributed by atoms with Crippen molar-refractivity contribution >= 4 is 22.8 Å². The first-order valence-corrected chi connectivity index (χ1v) is 8.85. The number of aromatic nitrogens is 3. The van der Waals surface area contributed by atoms with E-state index in [1.54, 1.807) is 37.3 Å². The maximum atomic E-state index is 13.1. The largest absolute Gasteiger partial charge is 0.515 e. The number of carbonyl (C=O) groups excluding carboxylic acids is 1. The summed E-state index contributed by atoms with van der Waals surface area (Å²) in [5, 5.41) is 0. The number of ether oxygens (including phenoxy) is 2. The number of halogens is 3. The molecule has 154 valence electrons. The Hall–Kier alpha value is -3.82. The lowest BCUT2D eigenvalue weighted by Crippen LogP contribution is -2.12. The number of fused-ring (bicyclic) bond motifs is 3. The Balaban J connectivity index is 2.06. The maximum absolute atomic E-state index is 13.1. The molecule has 1 N–H and O–H groups in total. The Morgan fingerprint density at radius 1 is 1.17 bits per heavy atom. The fraction of sp³-hybridized carbons (Fsp3) is 0.150. The number of H-pyrrole nitrogens is 1. The molecule has 2 aromatic carbocycles. The van der Waals surface area contributed by atoms with Crippen molar-refractivity contribution in [2.45, 2.75) is 13.1 Å². The van der Waals surface area contributed by atoms with Crippen molar-refractivity contribution < 1.29 is 27.4 Å². The molecule has 0 fully saturated rings. The number of hydrogen-bond acceptors (Lipinski definition) is 5. The minimum Gasteiger partial charge on any atom is -0.434 e. The molecule has 30 heavy (non-hydrogen) atoms. The van der Waals surface area contributed by atoms with Gasteiger partial charge < -0.3 is 14.5 Å². The van der Waals surface area contributed by atoms with Gasteiger partial charge in [0.1, 0.15) is 5.69 Å². The quantitative estimate of drug-likeness (QED) is 0.500. The SMILES string of the molecule is CCOC(=O)Oc1nc2c(=O)[nH]c3cc(C(F)(F)F)ccc3n2c1-c1ccccc1. The van der Waals surface area contributed by atoms with Crippen molar-refractivity contribution in [1.82, 2.24) is 14.4 Å².